The first kappa shape index (κ1) is 41.0. The molecule has 0 bridgehead atoms. The number of hydrogen-bond donors (Lipinski definition) is 0. The third-order valence-corrected chi connectivity index (χ3v) is 14.6. The fraction of sp³-hybridized carbons (Fsp3) is 0.133. The minimum absolute atomic E-state index is 0.518. The zero-order chi connectivity index (χ0) is 39.7. The molecule has 0 N–H and O–H groups in total. The van der Waals surface area contributed by atoms with Gasteiger partial charge in [-0.15, -0.1) is 0 Å². The predicted octanol–water partition coefficient (Wildman–Crippen LogP) is 14.4. The van der Waals surface area contributed by atoms with Crippen LogP contribution >= 0.6 is 71.7 Å². The fourth-order valence-corrected chi connectivity index (χ4v) is 10.7. The highest BCUT2D eigenvalue weighted by molar-refractivity contribution is 8.19. The topological polar surface area (TPSA) is 48.4 Å². The number of nitrogens with zero attached hydrogens (tertiary/aromatic N) is 6. The van der Waals surface area contributed by atoms with Crippen LogP contribution in [0.25, 0.3) is 0 Å². The van der Waals surface area contributed by atoms with Crippen LogP contribution < -0.4 is 11.1 Å². The van der Waals surface area contributed by atoms with Crippen molar-refractivity contribution in [2.75, 3.05) is 11.1 Å². The van der Waals surface area contributed by atoms with Crippen LogP contribution in [0.5, 0.6) is 0 Å². The molecule has 0 amide bonds. The Morgan fingerprint density at radius 1 is 0.246 bits per heavy atom. The lowest BCUT2D eigenvalue weighted by Crippen LogP contribution is -2.18. The zero-order valence-electron chi connectivity index (χ0n) is 32.5. The van der Waals surface area contributed by atoms with Gasteiger partial charge in [0.05, 0.1) is 0 Å². The molecule has 0 spiro atoms. The van der Waals surface area contributed by atoms with Crippen molar-refractivity contribution in [3.8, 4) is 0 Å². The highest BCUT2D eigenvalue weighted by atomic mass is 32.2. The number of rotatable bonds is 15. The van der Waals surface area contributed by atoms with Gasteiger partial charge >= 0.3 is 0 Å². The smallest absolute Gasteiger partial charge is 0.215 e. The number of anilines is 3. The van der Waals surface area contributed by atoms with Crippen LogP contribution in [0, 0.1) is 41.5 Å². The van der Waals surface area contributed by atoms with E-state index in [0.717, 1.165) is 29.4 Å². The molecule has 0 aliphatic carbocycles. The summed E-state index contributed by atoms with van der Waals surface area (Å²) in [4.78, 5) is 22.4. The van der Waals surface area contributed by atoms with E-state index in [2.05, 4.69) is 198 Å². The molecular weight excluding hydrogens is 817 g/mol. The second-order valence-corrected chi connectivity index (χ2v) is 20.2. The molecule has 0 aliphatic rings. The largest absolute Gasteiger partial charge is 0.253 e. The molecule has 1 aromatic heterocycles. The summed E-state index contributed by atoms with van der Waals surface area (Å²) in [6, 6.07) is 51.4. The SMILES string of the molecule is Cc1ccc(SN(Sc2ccc(C)cc2)c2nc(N(Sc3ccc(C)cc3)Sc3ccc(C)cc3)nc(N(Sc3ccc(C)cc3)Sc3ccc(C)cc3)n2)cc1. The molecule has 1 heterocycles. The number of aryl methyl sites for hydroxylation is 6. The molecule has 288 valence electrons. The predicted molar refractivity (Wildman–Crippen MR) is 249 cm³/mol. The van der Waals surface area contributed by atoms with Crippen LogP contribution in [0.1, 0.15) is 33.4 Å². The number of aromatic nitrogens is 3. The van der Waals surface area contributed by atoms with Crippen LogP contribution in [0.15, 0.2) is 175 Å². The third kappa shape index (κ3) is 11.9. The molecule has 7 aromatic rings. The summed E-state index contributed by atoms with van der Waals surface area (Å²) in [5.41, 5.74) is 7.23. The van der Waals surface area contributed by atoms with Gasteiger partial charge in [0.25, 0.3) is 17.8 Å². The third-order valence-electron chi connectivity index (χ3n) is 8.35. The summed E-state index contributed by atoms with van der Waals surface area (Å²) in [6.07, 6.45) is 0. The Balaban J connectivity index is 1.39. The maximum atomic E-state index is 5.31. The molecule has 57 heavy (non-hydrogen) atoms. The van der Waals surface area contributed by atoms with Gasteiger partial charge < -0.3 is 0 Å². The van der Waals surface area contributed by atoms with Gasteiger partial charge in [0.15, 0.2) is 0 Å². The van der Waals surface area contributed by atoms with Gasteiger partial charge in [-0.1, -0.05) is 106 Å². The highest BCUT2D eigenvalue weighted by Gasteiger charge is 2.26. The van der Waals surface area contributed by atoms with E-state index in [4.69, 9.17) is 15.0 Å². The summed E-state index contributed by atoms with van der Waals surface area (Å²) in [5, 5.41) is 0. The second kappa shape index (κ2) is 19.5. The van der Waals surface area contributed by atoms with Crippen molar-refractivity contribution in [2.24, 2.45) is 0 Å². The van der Waals surface area contributed by atoms with Crippen molar-refractivity contribution in [3.63, 3.8) is 0 Å². The first-order valence-electron chi connectivity index (χ1n) is 18.3. The van der Waals surface area contributed by atoms with Crippen molar-refractivity contribution in [2.45, 2.75) is 70.9 Å². The monoisotopic (exact) mass is 858 g/mol. The zero-order valence-corrected chi connectivity index (χ0v) is 37.4. The lowest BCUT2D eigenvalue weighted by Gasteiger charge is -2.26. The number of hydrogen-bond acceptors (Lipinski definition) is 12. The van der Waals surface area contributed by atoms with Crippen LogP contribution in [0.4, 0.5) is 17.8 Å². The van der Waals surface area contributed by atoms with Gasteiger partial charge in [-0.2, -0.15) is 15.0 Å². The minimum atomic E-state index is 0.518. The molecule has 0 atom stereocenters. The number of benzene rings is 6. The molecule has 6 nitrogen and oxygen atoms in total. The Labute approximate surface area is 362 Å². The molecule has 0 aliphatic heterocycles. The average Bonchev–Trinajstić information content (AvgIpc) is 3.22. The summed E-state index contributed by atoms with van der Waals surface area (Å²) in [5.74, 6) is 1.55. The van der Waals surface area contributed by atoms with Gasteiger partial charge in [-0.3, -0.25) is 0 Å². The summed E-state index contributed by atoms with van der Waals surface area (Å²) < 4.78 is 6.29. The van der Waals surface area contributed by atoms with Gasteiger partial charge in [-0.05, 0) is 114 Å². The molecule has 0 saturated heterocycles. The molecule has 0 saturated carbocycles. The standard InChI is InChI=1S/C45H42N6S6/c1-31-7-19-37(20-8-31)52-49(53-38-21-9-32(2)10-22-38)43-46-44(50(54-39-23-11-33(3)12-24-39)55-40-25-13-34(4)14-26-40)48-45(47-43)51(56-41-27-15-35(5)16-28-41)57-42-29-17-36(6)18-30-42/h7-30H,1-6H3. The lowest BCUT2D eigenvalue weighted by atomic mass is 10.2. The maximum absolute atomic E-state index is 5.31. The van der Waals surface area contributed by atoms with E-state index >= 15 is 0 Å². The van der Waals surface area contributed by atoms with E-state index in [-0.39, 0.29) is 0 Å². The van der Waals surface area contributed by atoms with Gasteiger partial charge in [0.1, 0.15) is 0 Å². The Kier molecular flexibility index (Phi) is 14.0. The van der Waals surface area contributed by atoms with Crippen molar-refractivity contribution in [1.82, 2.24) is 15.0 Å². The molecule has 0 radical (unpaired) electrons. The first-order valence-corrected chi connectivity index (χ1v) is 22.9. The molecular formula is C45H42N6S6. The van der Waals surface area contributed by atoms with E-state index in [9.17, 15) is 0 Å². The molecule has 0 unspecified atom stereocenters. The van der Waals surface area contributed by atoms with Crippen LogP contribution in [0.3, 0.4) is 0 Å². The maximum Gasteiger partial charge on any atom is 0.253 e. The molecule has 12 heteroatoms. The minimum Gasteiger partial charge on any atom is -0.215 e. The van der Waals surface area contributed by atoms with Crippen LogP contribution in [0.2, 0.25) is 0 Å². The van der Waals surface area contributed by atoms with E-state index in [1.54, 1.807) is 71.7 Å². The molecule has 6 aromatic carbocycles. The normalized spacial score (nSPS) is 11.1. The Morgan fingerprint density at radius 2 is 0.386 bits per heavy atom. The Bertz CT molecular complexity index is 1940. The van der Waals surface area contributed by atoms with Crippen molar-refractivity contribution in [3.05, 3.63) is 179 Å². The van der Waals surface area contributed by atoms with Gasteiger partial charge in [-0.25, -0.2) is 11.1 Å². The summed E-state index contributed by atoms with van der Waals surface area (Å²) in [6.45, 7) is 12.6. The first-order chi connectivity index (χ1) is 27.6. The molecule has 0 fully saturated rings. The average molecular weight is 859 g/mol. The van der Waals surface area contributed by atoms with Crippen LogP contribution in [-0.2, 0) is 0 Å². The van der Waals surface area contributed by atoms with Crippen molar-refractivity contribution < 1.29 is 0 Å². The van der Waals surface area contributed by atoms with E-state index in [1.807, 2.05) is 0 Å². The summed E-state index contributed by atoms with van der Waals surface area (Å²) >= 11 is 9.55. The van der Waals surface area contributed by atoms with Crippen molar-refractivity contribution in [1.29, 1.82) is 0 Å². The van der Waals surface area contributed by atoms with Gasteiger partial charge in [0, 0.05) is 101 Å². The second-order valence-electron chi connectivity index (χ2n) is 13.4. The summed E-state index contributed by atoms with van der Waals surface area (Å²) in [7, 11) is 0. The Hall–Kier alpha value is -4.17. The van der Waals surface area contributed by atoms with E-state index in [0.29, 0.717) is 17.8 Å². The fourth-order valence-electron chi connectivity index (χ4n) is 5.06. The molecule has 7 rings (SSSR count). The van der Waals surface area contributed by atoms with Gasteiger partial charge in [0.2, 0.25) is 0 Å². The quantitative estimate of drug-likeness (QED) is 0.0923. The lowest BCUT2D eigenvalue weighted by molar-refractivity contribution is 1.05. The Morgan fingerprint density at radius 3 is 0.526 bits per heavy atom. The van der Waals surface area contributed by atoms with E-state index < -0.39 is 0 Å². The van der Waals surface area contributed by atoms with E-state index in [1.165, 1.54) is 33.4 Å². The van der Waals surface area contributed by atoms with Crippen LogP contribution in [-0.4, -0.2) is 15.0 Å². The van der Waals surface area contributed by atoms with Crippen molar-refractivity contribution >= 4 is 89.5 Å². The highest BCUT2D eigenvalue weighted by Crippen LogP contribution is 2.44.